The minimum Gasteiger partial charge on any atom is -0.504 e. The highest BCUT2D eigenvalue weighted by Crippen LogP contribution is 2.33. The molecule has 8 heteroatoms. The summed E-state index contributed by atoms with van der Waals surface area (Å²) in [5, 5.41) is 17.9. The van der Waals surface area contributed by atoms with E-state index in [9.17, 15) is 13.5 Å². The molecule has 0 bridgehead atoms. The smallest absolute Gasteiger partial charge is 0.210 e. The predicted molar refractivity (Wildman–Crippen MR) is 69.3 cm³/mol. The molecule has 0 fully saturated rings. The summed E-state index contributed by atoms with van der Waals surface area (Å²) in [4.78, 5) is 0. The Kier molecular flexibility index (Phi) is 5.21. The van der Waals surface area contributed by atoms with E-state index in [-0.39, 0.29) is 30.3 Å². The van der Waals surface area contributed by atoms with Crippen LogP contribution in [0.3, 0.4) is 0 Å². The highest BCUT2D eigenvalue weighted by Gasteiger charge is 2.10. The Morgan fingerprint density at radius 1 is 1.50 bits per heavy atom. The summed E-state index contributed by atoms with van der Waals surface area (Å²) in [5.41, 5.74) is 0.522. The number of halogens is 1. The van der Waals surface area contributed by atoms with Crippen LogP contribution in [0.1, 0.15) is 5.56 Å². The van der Waals surface area contributed by atoms with Crippen LogP contribution in [-0.2, 0) is 16.6 Å². The summed E-state index contributed by atoms with van der Waals surface area (Å²) in [6.45, 7) is 0.450. The molecular weight excluding hydrogens is 280 g/mol. The fourth-order valence-corrected chi connectivity index (χ4v) is 2.02. The minimum atomic E-state index is -3.49. The van der Waals surface area contributed by atoms with E-state index in [4.69, 9.17) is 21.5 Å². The summed E-state index contributed by atoms with van der Waals surface area (Å²) in [5.74, 6) is 0.0709. The van der Waals surface area contributed by atoms with Gasteiger partial charge in [0, 0.05) is 29.7 Å². The number of methoxy groups -OCH3 is 1. The number of ether oxygens (including phenoxy) is 1. The Morgan fingerprint density at radius 3 is 2.72 bits per heavy atom. The van der Waals surface area contributed by atoms with Crippen molar-refractivity contribution in [2.45, 2.75) is 6.54 Å². The van der Waals surface area contributed by atoms with Crippen molar-refractivity contribution in [1.29, 1.82) is 0 Å². The third-order valence-corrected chi connectivity index (χ3v) is 3.21. The van der Waals surface area contributed by atoms with Gasteiger partial charge in [-0.25, -0.2) is 13.6 Å². The second-order valence-electron chi connectivity index (χ2n) is 3.66. The second-order valence-corrected chi connectivity index (χ2v) is 5.83. The Balaban J connectivity index is 2.65. The van der Waals surface area contributed by atoms with E-state index in [1.807, 2.05) is 0 Å². The number of phenols is 1. The molecule has 0 aliphatic rings. The van der Waals surface area contributed by atoms with E-state index in [0.29, 0.717) is 10.6 Å². The van der Waals surface area contributed by atoms with Crippen LogP contribution in [0.2, 0.25) is 5.02 Å². The first kappa shape index (κ1) is 15.0. The lowest BCUT2D eigenvalue weighted by Gasteiger charge is -2.10. The Labute approximate surface area is 111 Å². The summed E-state index contributed by atoms with van der Waals surface area (Å²) < 4.78 is 26.4. The molecule has 1 aromatic carbocycles. The Morgan fingerprint density at radius 2 is 2.17 bits per heavy atom. The lowest BCUT2D eigenvalue weighted by Crippen LogP contribution is -2.26. The van der Waals surface area contributed by atoms with Gasteiger partial charge in [0.25, 0.3) is 0 Å². The van der Waals surface area contributed by atoms with Gasteiger partial charge in [-0.15, -0.1) is 0 Å². The third-order valence-electron chi connectivity index (χ3n) is 2.22. The van der Waals surface area contributed by atoms with E-state index in [2.05, 4.69) is 5.32 Å². The fraction of sp³-hybridized carbons (Fsp3) is 0.400. The number of nitrogens with two attached hydrogens (primary N) is 1. The van der Waals surface area contributed by atoms with Gasteiger partial charge >= 0.3 is 0 Å². The molecule has 0 spiro atoms. The Bertz CT molecular complexity index is 519. The molecule has 1 rings (SSSR count). The molecule has 0 heterocycles. The SMILES string of the molecule is COc1cc(Cl)cc(CNCCS(N)(=O)=O)c1O. The molecule has 102 valence electrons. The number of hydrogen-bond acceptors (Lipinski definition) is 5. The first-order valence-corrected chi connectivity index (χ1v) is 7.19. The molecule has 0 saturated heterocycles. The maximum absolute atomic E-state index is 10.7. The molecule has 0 saturated carbocycles. The van der Waals surface area contributed by atoms with Gasteiger partial charge in [0.05, 0.1) is 12.9 Å². The van der Waals surface area contributed by atoms with Crippen LogP contribution in [0, 0.1) is 0 Å². The van der Waals surface area contributed by atoms with E-state index in [0.717, 1.165) is 0 Å². The van der Waals surface area contributed by atoms with E-state index < -0.39 is 10.0 Å². The molecule has 0 amide bonds. The van der Waals surface area contributed by atoms with E-state index in [1.165, 1.54) is 13.2 Å². The van der Waals surface area contributed by atoms with Crippen LogP contribution in [0.4, 0.5) is 0 Å². The molecule has 0 aromatic heterocycles. The van der Waals surface area contributed by atoms with E-state index in [1.54, 1.807) is 6.07 Å². The number of rotatable bonds is 6. The summed E-state index contributed by atoms with van der Waals surface area (Å²) in [6, 6.07) is 3.06. The molecule has 0 unspecified atom stereocenters. The highest BCUT2D eigenvalue weighted by atomic mass is 35.5. The molecule has 6 nitrogen and oxygen atoms in total. The number of phenolic OH excluding ortho intramolecular Hbond substituents is 1. The van der Waals surface area contributed by atoms with Gasteiger partial charge in [0.15, 0.2) is 11.5 Å². The van der Waals surface area contributed by atoms with Crippen molar-refractivity contribution in [1.82, 2.24) is 5.32 Å². The van der Waals surface area contributed by atoms with Gasteiger partial charge < -0.3 is 15.2 Å². The van der Waals surface area contributed by atoms with Crippen molar-refractivity contribution >= 4 is 21.6 Å². The maximum atomic E-state index is 10.7. The Hall–Kier alpha value is -1.02. The van der Waals surface area contributed by atoms with Gasteiger partial charge in [-0.05, 0) is 6.07 Å². The molecule has 0 radical (unpaired) electrons. The summed E-state index contributed by atoms with van der Waals surface area (Å²) in [6.07, 6.45) is 0. The molecule has 4 N–H and O–H groups in total. The monoisotopic (exact) mass is 294 g/mol. The highest BCUT2D eigenvalue weighted by molar-refractivity contribution is 7.89. The predicted octanol–water partition coefficient (Wildman–Crippen LogP) is 0.432. The average molecular weight is 295 g/mol. The van der Waals surface area contributed by atoms with Gasteiger partial charge in [0.2, 0.25) is 10.0 Å². The first-order chi connectivity index (χ1) is 8.33. The number of hydrogen-bond donors (Lipinski definition) is 3. The molecule has 0 aliphatic carbocycles. The lowest BCUT2D eigenvalue weighted by atomic mass is 10.2. The summed E-state index contributed by atoms with van der Waals surface area (Å²) in [7, 11) is -2.07. The summed E-state index contributed by atoms with van der Waals surface area (Å²) >= 11 is 5.85. The number of primary sulfonamides is 1. The second kappa shape index (κ2) is 6.24. The van der Waals surface area contributed by atoms with Gasteiger partial charge in [0.1, 0.15) is 0 Å². The van der Waals surface area contributed by atoms with Crippen LogP contribution >= 0.6 is 11.6 Å². The normalized spacial score (nSPS) is 11.5. The van der Waals surface area contributed by atoms with Crippen LogP contribution in [0.15, 0.2) is 12.1 Å². The van der Waals surface area contributed by atoms with Gasteiger partial charge in [-0.2, -0.15) is 0 Å². The quantitative estimate of drug-likeness (QED) is 0.661. The van der Waals surface area contributed by atoms with Gasteiger partial charge in [-0.1, -0.05) is 11.6 Å². The number of aromatic hydroxyl groups is 1. The number of sulfonamides is 1. The zero-order valence-corrected chi connectivity index (χ0v) is 11.4. The lowest BCUT2D eigenvalue weighted by molar-refractivity contribution is 0.370. The molecule has 0 aliphatic heterocycles. The van der Waals surface area contributed by atoms with Crippen molar-refractivity contribution in [2.75, 3.05) is 19.4 Å². The largest absolute Gasteiger partial charge is 0.504 e. The van der Waals surface area contributed by atoms with Crippen molar-refractivity contribution in [3.05, 3.63) is 22.7 Å². The van der Waals surface area contributed by atoms with Gasteiger partial charge in [-0.3, -0.25) is 0 Å². The zero-order valence-electron chi connectivity index (χ0n) is 9.81. The van der Waals surface area contributed by atoms with Crippen LogP contribution in [0.5, 0.6) is 11.5 Å². The van der Waals surface area contributed by atoms with Crippen molar-refractivity contribution in [3.63, 3.8) is 0 Å². The van der Waals surface area contributed by atoms with Crippen LogP contribution < -0.4 is 15.2 Å². The third kappa shape index (κ3) is 4.69. The zero-order chi connectivity index (χ0) is 13.8. The minimum absolute atomic E-state index is 0.0231. The molecule has 1 aromatic rings. The van der Waals surface area contributed by atoms with Crippen molar-refractivity contribution in [2.24, 2.45) is 5.14 Å². The maximum Gasteiger partial charge on any atom is 0.210 e. The number of benzene rings is 1. The standard InChI is InChI=1S/C10H15ClN2O4S/c1-17-9-5-8(11)4-7(10(9)14)6-13-2-3-18(12,15)16/h4-5,13-14H,2-3,6H2,1H3,(H2,12,15,16). The fourth-order valence-electron chi connectivity index (χ4n) is 1.36. The molecular formula is C10H15ClN2O4S. The van der Waals surface area contributed by atoms with E-state index >= 15 is 0 Å². The topological polar surface area (TPSA) is 102 Å². The van der Waals surface area contributed by atoms with Crippen LogP contribution in [0.25, 0.3) is 0 Å². The van der Waals surface area contributed by atoms with Crippen molar-refractivity contribution < 1.29 is 18.3 Å². The molecule has 18 heavy (non-hydrogen) atoms. The van der Waals surface area contributed by atoms with Crippen LogP contribution in [-0.4, -0.2) is 32.9 Å². The van der Waals surface area contributed by atoms with Crippen molar-refractivity contribution in [3.8, 4) is 11.5 Å². The number of nitrogens with one attached hydrogen (secondary N) is 1. The molecule has 0 atom stereocenters. The average Bonchev–Trinajstić information content (AvgIpc) is 2.27. The first-order valence-electron chi connectivity index (χ1n) is 5.10.